The Kier molecular flexibility index (Phi) is 3.22. The Morgan fingerprint density at radius 3 is 2.95 bits per heavy atom. The Bertz CT molecular complexity index is 652. The topological polar surface area (TPSA) is 62.3 Å². The van der Waals surface area contributed by atoms with Gasteiger partial charge in [0.2, 0.25) is 6.79 Å². The summed E-state index contributed by atoms with van der Waals surface area (Å²) in [6.45, 7) is 5.29. The van der Waals surface area contributed by atoms with E-state index in [1.807, 2.05) is 10.6 Å². The molecule has 2 heterocycles. The molecule has 106 valence electrons. The van der Waals surface area contributed by atoms with Gasteiger partial charge in [-0.2, -0.15) is 0 Å². The summed E-state index contributed by atoms with van der Waals surface area (Å²) >= 11 is 6.19. The van der Waals surface area contributed by atoms with Crippen LogP contribution in [0.5, 0.6) is 11.5 Å². The highest BCUT2D eigenvalue weighted by Crippen LogP contribution is 2.42. The van der Waals surface area contributed by atoms with Gasteiger partial charge in [-0.25, -0.2) is 4.98 Å². The van der Waals surface area contributed by atoms with Crippen molar-refractivity contribution in [3.63, 3.8) is 0 Å². The summed E-state index contributed by atoms with van der Waals surface area (Å²) in [5, 5.41) is 0.507. The van der Waals surface area contributed by atoms with E-state index < -0.39 is 0 Å². The summed E-state index contributed by atoms with van der Waals surface area (Å²) in [7, 11) is 0. The van der Waals surface area contributed by atoms with Crippen LogP contribution in [0.1, 0.15) is 13.8 Å². The predicted molar refractivity (Wildman–Crippen MR) is 78.0 cm³/mol. The van der Waals surface area contributed by atoms with Crippen LogP contribution in [0, 0.1) is 5.92 Å². The van der Waals surface area contributed by atoms with Crippen LogP contribution in [0.4, 0.5) is 5.82 Å². The van der Waals surface area contributed by atoms with E-state index in [0.29, 0.717) is 34.0 Å². The van der Waals surface area contributed by atoms with E-state index in [-0.39, 0.29) is 6.79 Å². The molecule has 20 heavy (non-hydrogen) atoms. The highest BCUT2D eigenvalue weighted by Gasteiger charge is 2.21. The molecule has 0 aliphatic carbocycles. The van der Waals surface area contributed by atoms with Crippen molar-refractivity contribution >= 4 is 17.4 Å². The van der Waals surface area contributed by atoms with Crippen molar-refractivity contribution < 1.29 is 9.47 Å². The second kappa shape index (κ2) is 4.90. The highest BCUT2D eigenvalue weighted by molar-refractivity contribution is 6.32. The third-order valence-corrected chi connectivity index (χ3v) is 3.42. The molecule has 1 aromatic heterocycles. The van der Waals surface area contributed by atoms with Crippen molar-refractivity contribution in [2.75, 3.05) is 12.5 Å². The molecular formula is C14H16ClN3O2. The molecule has 0 fully saturated rings. The second-order valence-electron chi connectivity index (χ2n) is 5.22. The Balaban J connectivity index is 2.02. The van der Waals surface area contributed by atoms with Crippen molar-refractivity contribution in [1.29, 1.82) is 0 Å². The van der Waals surface area contributed by atoms with E-state index in [0.717, 1.165) is 12.1 Å². The van der Waals surface area contributed by atoms with Gasteiger partial charge < -0.3 is 19.8 Å². The molecule has 0 spiro atoms. The second-order valence-corrected chi connectivity index (χ2v) is 5.62. The lowest BCUT2D eigenvalue weighted by Crippen LogP contribution is -2.06. The summed E-state index contributed by atoms with van der Waals surface area (Å²) < 4.78 is 12.6. The predicted octanol–water partition coefficient (Wildman–Crippen LogP) is 3.17. The molecule has 0 bridgehead atoms. The minimum absolute atomic E-state index is 0.190. The van der Waals surface area contributed by atoms with E-state index in [4.69, 9.17) is 26.8 Å². The summed E-state index contributed by atoms with van der Waals surface area (Å²) in [6, 6.07) is 3.65. The van der Waals surface area contributed by atoms with Crippen molar-refractivity contribution in [2.24, 2.45) is 5.92 Å². The van der Waals surface area contributed by atoms with E-state index in [1.165, 1.54) is 0 Å². The molecule has 5 nitrogen and oxygen atoms in total. The zero-order valence-corrected chi connectivity index (χ0v) is 12.1. The van der Waals surface area contributed by atoms with Gasteiger partial charge >= 0.3 is 0 Å². The minimum atomic E-state index is 0.190. The molecule has 0 saturated carbocycles. The molecular weight excluding hydrogens is 278 g/mol. The summed E-state index contributed by atoms with van der Waals surface area (Å²) in [5.74, 6) is 2.34. The zero-order chi connectivity index (χ0) is 14.3. The lowest BCUT2D eigenvalue weighted by atomic mass is 10.1. The van der Waals surface area contributed by atoms with E-state index >= 15 is 0 Å². The number of anilines is 1. The van der Waals surface area contributed by atoms with Crippen LogP contribution in [0.3, 0.4) is 0 Å². The number of halogens is 1. The van der Waals surface area contributed by atoms with Gasteiger partial charge in [0, 0.05) is 12.1 Å². The van der Waals surface area contributed by atoms with E-state index in [9.17, 15) is 0 Å². The Hall–Kier alpha value is -1.88. The highest BCUT2D eigenvalue weighted by atomic mass is 35.5. The SMILES string of the molecule is CC(C)Cn1cnc(-c2cc(Cl)c3c(c2)OCO3)c1N. The summed E-state index contributed by atoms with van der Waals surface area (Å²) in [4.78, 5) is 4.39. The van der Waals surface area contributed by atoms with Crippen LogP contribution in [0.15, 0.2) is 18.5 Å². The average Bonchev–Trinajstić information content (AvgIpc) is 2.97. The van der Waals surface area contributed by atoms with Crippen molar-refractivity contribution in [3.05, 3.63) is 23.5 Å². The Labute approximate surface area is 122 Å². The number of fused-ring (bicyclic) bond motifs is 1. The average molecular weight is 294 g/mol. The van der Waals surface area contributed by atoms with Crippen molar-refractivity contribution in [3.8, 4) is 22.8 Å². The van der Waals surface area contributed by atoms with E-state index in [2.05, 4.69) is 18.8 Å². The fourth-order valence-electron chi connectivity index (χ4n) is 2.26. The maximum atomic E-state index is 6.19. The number of aromatic nitrogens is 2. The molecule has 2 aromatic rings. The number of ether oxygens (including phenoxy) is 2. The first-order chi connectivity index (χ1) is 9.56. The number of imidazole rings is 1. The molecule has 2 N–H and O–H groups in total. The fraction of sp³-hybridized carbons (Fsp3) is 0.357. The van der Waals surface area contributed by atoms with Crippen molar-refractivity contribution in [2.45, 2.75) is 20.4 Å². The number of nitrogen functional groups attached to an aromatic ring is 1. The number of hydrogen-bond donors (Lipinski definition) is 1. The maximum absolute atomic E-state index is 6.19. The van der Waals surface area contributed by atoms with Crippen LogP contribution in [-0.4, -0.2) is 16.3 Å². The summed E-state index contributed by atoms with van der Waals surface area (Å²) in [6.07, 6.45) is 1.75. The van der Waals surface area contributed by atoms with E-state index in [1.54, 1.807) is 12.4 Å². The maximum Gasteiger partial charge on any atom is 0.231 e. The molecule has 1 aliphatic heterocycles. The first-order valence-electron chi connectivity index (χ1n) is 6.46. The number of nitrogens with two attached hydrogens (primary N) is 1. The van der Waals surface area contributed by atoms with Gasteiger partial charge in [-0.15, -0.1) is 0 Å². The van der Waals surface area contributed by atoms with Gasteiger partial charge in [-0.1, -0.05) is 25.4 Å². The third-order valence-electron chi connectivity index (χ3n) is 3.14. The minimum Gasteiger partial charge on any atom is -0.454 e. The molecule has 0 amide bonds. The number of benzene rings is 1. The number of rotatable bonds is 3. The van der Waals surface area contributed by atoms with Crippen LogP contribution in [0.2, 0.25) is 5.02 Å². The first kappa shape index (κ1) is 13.1. The van der Waals surface area contributed by atoms with Gasteiger partial charge in [0.25, 0.3) is 0 Å². The molecule has 1 aromatic carbocycles. The lowest BCUT2D eigenvalue weighted by molar-refractivity contribution is 0.174. The van der Waals surface area contributed by atoms with Gasteiger partial charge in [-0.3, -0.25) is 0 Å². The van der Waals surface area contributed by atoms with Gasteiger partial charge in [0.1, 0.15) is 11.5 Å². The number of hydrogen-bond acceptors (Lipinski definition) is 4. The van der Waals surface area contributed by atoms with Crippen LogP contribution in [0.25, 0.3) is 11.3 Å². The van der Waals surface area contributed by atoms with Crippen LogP contribution >= 0.6 is 11.6 Å². The van der Waals surface area contributed by atoms with Crippen LogP contribution in [-0.2, 0) is 6.54 Å². The molecule has 0 saturated heterocycles. The molecule has 0 unspecified atom stereocenters. The first-order valence-corrected chi connectivity index (χ1v) is 6.84. The number of nitrogens with zero attached hydrogens (tertiary/aromatic N) is 2. The molecule has 0 atom stereocenters. The van der Waals surface area contributed by atoms with Gasteiger partial charge in [-0.05, 0) is 18.1 Å². The zero-order valence-electron chi connectivity index (χ0n) is 11.4. The van der Waals surface area contributed by atoms with Gasteiger partial charge in [0.05, 0.1) is 11.3 Å². The smallest absolute Gasteiger partial charge is 0.231 e. The van der Waals surface area contributed by atoms with Crippen LogP contribution < -0.4 is 15.2 Å². The molecule has 1 aliphatic rings. The largest absolute Gasteiger partial charge is 0.454 e. The molecule has 3 rings (SSSR count). The Morgan fingerprint density at radius 2 is 2.20 bits per heavy atom. The van der Waals surface area contributed by atoms with Crippen molar-refractivity contribution in [1.82, 2.24) is 9.55 Å². The summed E-state index contributed by atoms with van der Waals surface area (Å²) in [5.41, 5.74) is 7.71. The molecule has 0 radical (unpaired) electrons. The lowest BCUT2D eigenvalue weighted by Gasteiger charge is -2.09. The third kappa shape index (κ3) is 2.18. The fourth-order valence-corrected chi connectivity index (χ4v) is 2.52. The normalized spacial score (nSPS) is 13.2. The quantitative estimate of drug-likeness (QED) is 0.944. The molecule has 6 heteroatoms. The Morgan fingerprint density at radius 1 is 1.40 bits per heavy atom. The monoisotopic (exact) mass is 293 g/mol. The standard InChI is InChI=1S/C14H16ClN3O2/c1-8(2)5-18-6-17-12(14(18)16)9-3-10(15)13-11(4-9)19-7-20-13/h3-4,6,8H,5,7,16H2,1-2H3. The van der Waals surface area contributed by atoms with Gasteiger partial charge in [0.15, 0.2) is 11.5 Å².